The van der Waals surface area contributed by atoms with Crippen LogP contribution in [-0.4, -0.2) is 38.7 Å². The maximum atomic E-state index is 14.9. The topological polar surface area (TPSA) is 75.4 Å². The zero-order valence-corrected chi connectivity index (χ0v) is 17.7. The van der Waals surface area contributed by atoms with Crippen LogP contribution < -0.4 is 10.4 Å². The second kappa shape index (κ2) is 8.18. The zero-order valence-electron chi connectivity index (χ0n) is 16.9. The third-order valence-corrected chi connectivity index (χ3v) is 4.48. The molecule has 1 aromatic carbocycles. The highest BCUT2D eigenvalue weighted by Gasteiger charge is 2.33. The lowest BCUT2D eigenvalue weighted by atomic mass is 10.1. The average molecular weight is 466 g/mol. The van der Waals surface area contributed by atoms with Crippen LogP contribution in [-0.2, 0) is 10.7 Å². The fourth-order valence-corrected chi connectivity index (χ4v) is 3.03. The van der Waals surface area contributed by atoms with E-state index in [1.54, 1.807) is 20.8 Å². The molecule has 12 heteroatoms. The minimum atomic E-state index is -4.71. The van der Waals surface area contributed by atoms with Crippen LogP contribution in [0, 0.1) is 5.82 Å². The number of ether oxygens (including phenoxy) is 2. The molecule has 0 atom stereocenters. The molecule has 31 heavy (non-hydrogen) atoms. The summed E-state index contributed by atoms with van der Waals surface area (Å²) in [6.07, 6.45) is -3.14. The van der Waals surface area contributed by atoms with Gasteiger partial charge < -0.3 is 9.47 Å². The minimum Gasteiger partial charge on any atom is -0.483 e. The summed E-state index contributed by atoms with van der Waals surface area (Å²) in [6, 6.07) is 1.27. The normalized spacial score (nSPS) is 14.6. The molecule has 0 spiro atoms. The highest BCUT2D eigenvalue weighted by molar-refractivity contribution is 6.15. The lowest BCUT2D eigenvalue weighted by molar-refractivity contribution is -0.153. The van der Waals surface area contributed by atoms with Crippen LogP contribution in [0.5, 0.6) is 5.75 Å². The Morgan fingerprint density at radius 2 is 1.90 bits per heavy atom. The summed E-state index contributed by atoms with van der Waals surface area (Å²) < 4.78 is 64.8. The van der Waals surface area contributed by atoms with Gasteiger partial charge in [0.15, 0.2) is 6.61 Å². The van der Waals surface area contributed by atoms with Gasteiger partial charge in [-0.25, -0.2) is 14.0 Å². The van der Waals surface area contributed by atoms with E-state index in [9.17, 15) is 27.2 Å². The Bertz CT molecular complexity index is 1050. The first-order valence-electron chi connectivity index (χ1n) is 9.33. The molecule has 0 radical (unpaired) electrons. The average Bonchev–Trinajstić information content (AvgIpc) is 3.42. The van der Waals surface area contributed by atoms with Crippen LogP contribution in [0.1, 0.15) is 55.7 Å². The van der Waals surface area contributed by atoms with Crippen molar-refractivity contribution < 1.29 is 31.8 Å². The van der Waals surface area contributed by atoms with E-state index in [1.807, 2.05) is 0 Å². The van der Waals surface area contributed by atoms with Crippen LogP contribution in [0.3, 0.4) is 0 Å². The Morgan fingerprint density at radius 1 is 1.26 bits per heavy atom. The number of nitrogens with zero attached hydrogens (tertiary/aromatic N) is 3. The lowest BCUT2D eigenvalue weighted by Gasteiger charge is -2.21. The third-order valence-electron chi connectivity index (χ3n) is 4.24. The number of carbonyl (C=O) groups excluding carboxylic acids is 1. The number of benzene rings is 1. The highest BCUT2D eigenvalue weighted by atomic mass is 35.5. The summed E-state index contributed by atoms with van der Waals surface area (Å²) in [7, 11) is 0. The molecule has 1 fully saturated rings. The van der Waals surface area contributed by atoms with Crippen molar-refractivity contribution in [2.75, 3.05) is 6.61 Å². The molecule has 3 rings (SSSR count). The molecular weight excluding hydrogens is 446 g/mol. The van der Waals surface area contributed by atoms with E-state index in [0.29, 0.717) is 16.6 Å². The van der Waals surface area contributed by atoms with E-state index in [4.69, 9.17) is 21.1 Å². The molecule has 0 bridgehead atoms. The van der Waals surface area contributed by atoms with E-state index in [0.717, 1.165) is 23.5 Å². The number of carbonyl (C=O) groups is 1. The summed E-state index contributed by atoms with van der Waals surface area (Å²) in [5.41, 5.74) is -2.77. The van der Waals surface area contributed by atoms with Gasteiger partial charge in [-0.05, 0) is 39.7 Å². The summed E-state index contributed by atoms with van der Waals surface area (Å²) in [5, 5.41) is 4.11. The van der Waals surface area contributed by atoms with Crippen LogP contribution in [0.25, 0.3) is 5.69 Å². The smallest absolute Gasteiger partial charge is 0.422 e. The standard InChI is InChI=1S/C19H20ClF4N3O4/c1-18(2,3)31-16(28)11-6-12(21)13(7-14(11)30-8-19(22,23)24)27-17(29)26(9-20)15(25-27)10-4-5-10/h6-7,10H,4-5,8-9H2,1-3H3. The molecule has 7 nitrogen and oxygen atoms in total. The molecule has 0 N–H and O–H groups in total. The van der Waals surface area contributed by atoms with Crippen molar-refractivity contribution in [1.82, 2.24) is 14.3 Å². The molecule has 1 aliphatic carbocycles. The van der Waals surface area contributed by atoms with Gasteiger partial charge in [-0.15, -0.1) is 16.7 Å². The van der Waals surface area contributed by atoms with Crippen LogP contribution in [0.15, 0.2) is 16.9 Å². The highest BCUT2D eigenvalue weighted by Crippen LogP contribution is 2.39. The Hall–Kier alpha value is -2.56. The number of alkyl halides is 4. The van der Waals surface area contributed by atoms with E-state index >= 15 is 0 Å². The van der Waals surface area contributed by atoms with Gasteiger partial charge in [-0.2, -0.15) is 17.9 Å². The van der Waals surface area contributed by atoms with Gasteiger partial charge in [0.1, 0.15) is 40.2 Å². The zero-order chi connectivity index (χ0) is 23.1. The first-order valence-corrected chi connectivity index (χ1v) is 9.86. The van der Waals surface area contributed by atoms with Gasteiger partial charge in [0.2, 0.25) is 0 Å². The fraction of sp³-hybridized carbons (Fsp3) is 0.526. The van der Waals surface area contributed by atoms with Gasteiger partial charge >= 0.3 is 17.8 Å². The van der Waals surface area contributed by atoms with E-state index < -0.39 is 52.9 Å². The Labute approximate surface area is 179 Å². The molecule has 1 saturated carbocycles. The molecular formula is C19H20ClF4N3O4. The monoisotopic (exact) mass is 465 g/mol. The lowest BCUT2D eigenvalue weighted by Crippen LogP contribution is -2.26. The molecule has 0 saturated heterocycles. The fourth-order valence-electron chi connectivity index (χ4n) is 2.80. The number of hydrogen-bond acceptors (Lipinski definition) is 5. The quantitative estimate of drug-likeness (QED) is 0.364. The van der Waals surface area contributed by atoms with Gasteiger partial charge in [-0.1, -0.05) is 0 Å². The molecule has 0 aliphatic heterocycles. The first-order chi connectivity index (χ1) is 14.3. The molecule has 170 valence electrons. The van der Waals surface area contributed by atoms with Gasteiger partial charge in [-0.3, -0.25) is 4.57 Å². The van der Waals surface area contributed by atoms with Gasteiger partial charge in [0.25, 0.3) is 0 Å². The first kappa shape index (κ1) is 23.1. The molecule has 1 heterocycles. The van der Waals surface area contributed by atoms with E-state index in [-0.39, 0.29) is 11.9 Å². The third kappa shape index (κ3) is 5.38. The maximum absolute atomic E-state index is 14.9. The summed E-state index contributed by atoms with van der Waals surface area (Å²) in [5.74, 6) is -2.38. The summed E-state index contributed by atoms with van der Waals surface area (Å²) in [6.45, 7) is 2.91. The molecule has 0 unspecified atom stereocenters. The molecule has 1 aromatic heterocycles. The van der Waals surface area contributed by atoms with Crippen LogP contribution in [0.2, 0.25) is 0 Å². The van der Waals surface area contributed by atoms with Crippen LogP contribution >= 0.6 is 11.6 Å². The summed E-state index contributed by atoms with van der Waals surface area (Å²) >= 11 is 5.81. The SMILES string of the molecule is CC(C)(C)OC(=O)c1cc(F)c(-n2nc(C3CC3)n(CCl)c2=O)cc1OCC(F)(F)F. The second-order valence-corrected chi connectivity index (χ2v) is 8.32. The summed E-state index contributed by atoms with van der Waals surface area (Å²) in [4.78, 5) is 25.1. The van der Waals surface area contributed by atoms with Crippen molar-refractivity contribution in [3.05, 3.63) is 39.8 Å². The predicted octanol–water partition coefficient (Wildman–Crippen LogP) is 4.14. The Kier molecular flexibility index (Phi) is 6.09. The number of esters is 1. The van der Waals surface area contributed by atoms with Gasteiger partial charge in [0, 0.05) is 12.0 Å². The van der Waals surface area contributed by atoms with Crippen molar-refractivity contribution in [1.29, 1.82) is 0 Å². The Balaban J connectivity index is 2.10. The van der Waals surface area contributed by atoms with Crippen molar-refractivity contribution in [3.63, 3.8) is 0 Å². The number of aromatic nitrogens is 3. The van der Waals surface area contributed by atoms with Crippen LogP contribution in [0.4, 0.5) is 17.6 Å². The Morgan fingerprint density at radius 3 is 2.42 bits per heavy atom. The number of hydrogen-bond donors (Lipinski definition) is 0. The number of halogens is 5. The molecule has 0 amide bonds. The predicted molar refractivity (Wildman–Crippen MR) is 102 cm³/mol. The van der Waals surface area contributed by atoms with E-state index in [1.165, 1.54) is 0 Å². The van der Waals surface area contributed by atoms with E-state index in [2.05, 4.69) is 5.10 Å². The van der Waals surface area contributed by atoms with Gasteiger partial charge in [0.05, 0.1) is 0 Å². The largest absolute Gasteiger partial charge is 0.483 e. The van der Waals surface area contributed by atoms with Crippen molar-refractivity contribution in [2.24, 2.45) is 0 Å². The molecule has 1 aliphatic rings. The van der Waals surface area contributed by atoms with Crippen molar-refractivity contribution >= 4 is 17.6 Å². The minimum absolute atomic E-state index is 0.00209. The molecule has 2 aromatic rings. The van der Waals surface area contributed by atoms with Crippen molar-refractivity contribution in [3.8, 4) is 11.4 Å². The second-order valence-electron chi connectivity index (χ2n) is 8.08. The van der Waals surface area contributed by atoms with Crippen molar-refractivity contribution in [2.45, 2.75) is 57.3 Å². The number of rotatable bonds is 6. The maximum Gasteiger partial charge on any atom is 0.422 e.